The van der Waals surface area contributed by atoms with Crippen LogP contribution in [0.5, 0.6) is 5.75 Å². The minimum Gasteiger partial charge on any atom is -0.497 e. The molecule has 0 fully saturated rings. The second-order valence-corrected chi connectivity index (χ2v) is 9.93. The first-order chi connectivity index (χ1) is 18.0. The monoisotopic (exact) mass is 528 g/mol. The van der Waals surface area contributed by atoms with Gasteiger partial charge in [-0.15, -0.1) is 0 Å². The average molecular weight is 529 g/mol. The summed E-state index contributed by atoms with van der Waals surface area (Å²) in [5.41, 5.74) is 7.69. The predicted octanol–water partition coefficient (Wildman–Crippen LogP) is 4.45. The number of benzene rings is 2. The maximum absolute atomic E-state index is 13.3. The van der Waals surface area contributed by atoms with E-state index in [1.807, 2.05) is 27.7 Å². The Balaban J connectivity index is 2.17. The summed E-state index contributed by atoms with van der Waals surface area (Å²) in [6.45, 7) is 10.7. The van der Waals surface area contributed by atoms with E-state index in [-0.39, 0.29) is 29.5 Å². The molecule has 2 aromatic carbocycles. The van der Waals surface area contributed by atoms with Crippen molar-refractivity contribution in [2.75, 3.05) is 25.5 Å². The van der Waals surface area contributed by atoms with Gasteiger partial charge in [0.05, 0.1) is 7.11 Å². The summed E-state index contributed by atoms with van der Waals surface area (Å²) in [5.74, 6) is -0.984. The third-order valence-corrected chi connectivity index (χ3v) is 6.45. The van der Waals surface area contributed by atoms with Crippen LogP contribution in [0.1, 0.15) is 68.2 Å². The standard InChI is InChI=1S/C29H41FN4O4/c1-7-34(8-2)29(37)21-15-20(16-24(17-21)38-6)28(36)33-26(13-18(3)4)25(31)14-19(5)27(35)32-23-11-9-22(30)10-12-23/h9-12,15-19,25-26H,7-8,13-14,31H2,1-6H3,(H,32,35)(H,33,36)/t19-,25+,26+/m1/s1. The summed E-state index contributed by atoms with van der Waals surface area (Å²) < 4.78 is 18.5. The molecule has 0 aliphatic rings. The molecule has 0 heterocycles. The topological polar surface area (TPSA) is 114 Å². The van der Waals surface area contributed by atoms with Crippen LogP contribution in [-0.4, -0.2) is 54.9 Å². The maximum atomic E-state index is 13.3. The van der Waals surface area contributed by atoms with Gasteiger partial charge in [-0.05, 0) is 75.1 Å². The van der Waals surface area contributed by atoms with Crippen molar-refractivity contribution in [2.45, 2.75) is 59.5 Å². The highest BCUT2D eigenvalue weighted by Crippen LogP contribution is 2.21. The van der Waals surface area contributed by atoms with Gasteiger partial charge in [0.2, 0.25) is 5.91 Å². The fourth-order valence-electron chi connectivity index (χ4n) is 4.24. The Hall–Kier alpha value is -3.46. The predicted molar refractivity (Wildman–Crippen MR) is 148 cm³/mol. The van der Waals surface area contributed by atoms with Crippen molar-refractivity contribution in [3.63, 3.8) is 0 Å². The lowest BCUT2D eigenvalue weighted by atomic mass is 9.90. The van der Waals surface area contributed by atoms with Gasteiger partial charge < -0.3 is 26.0 Å². The number of methoxy groups -OCH3 is 1. The van der Waals surface area contributed by atoms with Crippen LogP contribution in [0.3, 0.4) is 0 Å². The number of amides is 3. The highest BCUT2D eigenvalue weighted by atomic mass is 19.1. The number of carbonyl (C=O) groups is 3. The summed E-state index contributed by atoms with van der Waals surface area (Å²) >= 11 is 0. The van der Waals surface area contributed by atoms with E-state index < -0.39 is 18.0 Å². The van der Waals surface area contributed by atoms with Crippen molar-refractivity contribution >= 4 is 23.4 Å². The number of anilines is 1. The van der Waals surface area contributed by atoms with Crippen LogP contribution < -0.4 is 21.1 Å². The minimum atomic E-state index is -0.502. The lowest BCUT2D eigenvalue weighted by molar-refractivity contribution is -0.119. The molecular formula is C29H41FN4O4. The quantitative estimate of drug-likeness (QED) is 0.355. The summed E-state index contributed by atoms with van der Waals surface area (Å²) in [6, 6.07) is 9.41. The van der Waals surface area contributed by atoms with Gasteiger partial charge in [-0.2, -0.15) is 0 Å². The van der Waals surface area contributed by atoms with Gasteiger partial charge in [-0.3, -0.25) is 14.4 Å². The minimum absolute atomic E-state index is 0.181. The lowest BCUT2D eigenvalue weighted by Gasteiger charge is -2.28. The highest BCUT2D eigenvalue weighted by Gasteiger charge is 2.27. The van der Waals surface area contributed by atoms with E-state index in [1.165, 1.54) is 31.4 Å². The molecule has 0 radical (unpaired) electrons. The van der Waals surface area contributed by atoms with Crippen molar-refractivity contribution in [1.82, 2.24) is 10.2 Å². The molecule has 0 unspecified atom stereocenters. The number of nitrogens with one attached hydrogen (secondary N) is 2. The maximum Gasteiger partial charge on any atom is 0.253 e. The zero-order chi connectivity index (χ0) is 28.4. The molecule has 2 rings (SSSR count). The normalized spacial score (nSPS) is 13.4. The summed E-state index contributed by atoms with van der Waals surface area (Å²) in [4.78, 5) is 40.6. The SMILES string of the molecule is CCN(CC)C(=O)c1cc(OC)cc(C(=O)N[C@@H](CC(C)C)[C@@H](N)C[C@@H](C)C(=O)Nc2ccc(F)cc2)c1. The Morgan fingerprint density at radius 1 is 0.974 bits per heavy atom. The molecule has 208 valence electrons. The number of hydrogen-bond acceptors (Lipinski definition) is 5. The fourth-order valence-corrected chi connectivity index (χ4v) is 4.24. The van der Waals surface area contributed by atoms with Gasteiger partial charge in [0.25, 0.3) is 11.8 Å². The Bertz CT molecular complexity index is 1090. The van der Waals surface area contributed by atoms with E-state index in [0.717, 1.165) is 0 Å². The molecule has 0 aliphatic heterocycles. The molecule has 0 aromatic heterocycles. The van der Waals surface area contributed by atoms with Gasteiger partial charge in [0, 0.05) is 47.9 Å². The van der Waals surface area contributed by atoms with Crippen molar-refractivity contribution in [3.05, 3.63) is 59.4 Å². The lowest BCUT2D eigenvalue weighted by Crippen LogP contribution is -2.49. The molecule has 3 amide bonds. The number of hydrogen-bond donors (Lipinski definition) is 3. The first-order valence-corrected chi connectivity index (χ1v) is 13.1. The second-order valence-electron chi connectivity index (χ2n) is 9.93. The third-order valence-electron chi connectivity index (χ3n) is 6.45. The van der Waals surface area contributed by atoms with E-state index in [9.17, 15) is 18.8 Å². The molecule has 0 spiro atoms. The Labute approximate surface area is 225 Å². The van der Waals surface area contributed by atoms with Crippen LogP contribution in [0, 0.1) is 17.7 Å². The van der Waals surface area contributed by atoms with Crippen molar-refractivity contribution in [1.29, 1.82) is 0 Å². The van der Waals surface area contributed by atoms with Crippen LogP contribution in [0.2, 0.25) is 0 Å². The smallest absolute Gasteiger partial charge is 0.253 e. The molecule has 4 N–H and O–H groups in total. The van der Waals surface area contributed by atoms with E-state index in [2.05, 4.69) is 10.6 Å². The molecule has 38 heavy (non-hydrogen) atoms. The number of ether oxygens (including phenoxy) is 1. The Morgan fingerprint density at radius 2 is 1.58 bits per heavy atom. The number of rotatable bonds is 13. The van der Waals surface area contributed by atoms with Gasteiger partial charge in [-0.1, -0.05) is 20.8 Å². The van der Waals surface area contributed by atoms with Gasteiger partial charge in [-0.25, -0.2) is 4.39 Å². The molecule has 0 saturated carbocycles. The number of halogens is 1. The first-order valence-electron chi connectivity index (χ1n) is 13.1. The van der Waals surface area contributed by atoms with Crippen LogP contribution >= 0.6 is 0 Å². The second kappa shape index (κ2) is 14.5. The molecule has 0 aliphatic carbocycles. The van der Waals surface area contributed by atoms with Crippen molar-refractivity contribution in [2.24, 2.45) is 17.6 Å². The number of nitrogens with two attached hydrogens (primary N) is 1. The summed E-state index contributed by atoms with van der Waals surface area (Å²) in [6.07, 6.45) is 0.933. The van der Waals surface area contributed by atoms with E-state index in [1.54, 1.807) is 30.0 Å². The highest BCUT2D eigenvalue weighted by molar-refractivity contribution is 6.00. The number of nitrogens with zero attached hydrogens (tertiary/aromatic N) is 1. The van der Waals surface area contributed by atoms with Crippen molar-refractivity contribution in [3.8, 4) is 5.75 Å². The van der Waals surface area contributed by atoms with E-state index in [4.69, 9.17) is 10.5 Å². The Kier molecular flexibility index (Phi) is 11.7. The molecule has 0 saturated heterocycles. The van der Waals surface area contributed by atoms with E-state index >= 15 is 0 Å². The Morgan fingerprint density at radius 3 is 2.13 bits per heavy atom. The molecule has 9 heteroatoms. The number of carbonyl (C=O) groups excluding carboxylic acids is 3. The molecule has 2 aromatic rings. The first kappa shape index (κ1) is 30.8. The molecular weight excluding hydrogens is 487 g/mol. The fraction of sp³-hybridized carbons (Fsp3) is 0.483. The zero-order valence-electron chi connectivity index (χ0n) is 23.2. The van der Waals surface area contributed by atoms with Gasteiger partial charge in [0.15, 0.2) is 0 Å². The van der Waals surface area contributed by atoms with Crippen molar-refractivity contribution < 1.29 is 23.5 Å². The van der Waals surface area contributed by atoms with Gasteiger partial charge >= 0.3 is 0 Å². The zero-order valence-corrected chi connectivity index (χ0v) is 23.2. The van der Waals surface area contributed by atoms with Crippen LogP contribution in [0.4, 0.5) is 10.1 Å². The van der Waals surface area contributed by atoms with Crippen LogP contribution in [0.15, 0.2) is 42.5 Å². The molecule has 0 bridgehead atoms. The summed E-state index contributed by atoms with van der Waals surface area (Å²) in [7, 11) is 1.48. The van der Waals surface area contributed by atoms with Gasteiger partial charge in [0.1, 0.15) is 11.6 Å². The van der Waals surface area contributed by atoms with Crippen LogP contribution in [-0.2, 0) is 4.79 Å². The summed E-state index contributed by atoms with van der Waals surface area (Å²) in [5, 5.41) is 5.79. The average Bonchev–Trinajstić information content (AvgIpc) is 2.89. The van der Waals surface area contributed by atoms with E-state index in [0.29, 0.717) is 48.5 Å². The molecule has 8 nitrogen and oxygen atoms in total. The largest absolute Gasteiger partial charge is 0.497 e. The molecule has 3 atom stereocenters. The van der Waals surface area contributed by atoms with Crippen LogP contribution in [0.25, 0.3) is 0 Å². The third kappa shape index (κ3) is 8.83.